The largest absolute Gasteiger partial charge is 0.344 e. The van der Waals surface area contributed by atoms with Crippen molar-refractivity contribution in [1.29, 1.82) is 0 Å². The van der Waals surface area contributed by atoms with Crippen molar-refractivity contribution in [3.8, 4) is 0 Å². The van der Waals surface area contributed by atoms with Crippen LogP contribution in [0.4, 0.5) is 31.9 Å². The number of hydrogen-bond acceptors (Lipinski definition) is 6. The van der Waals surface area contributed by atoms with Gasteiger partial charge in [0.15, 0.2) is 12.4 Å². The highest BCUT2D eigenvalue weighted by Gasteiger charge is 2.47. The third-order valence-electron chi connectivity index (χ3n) is 7.75. The second-order valence-electron chi connectivity index (χ2n) is 10.3. The molecule has 1 unspecified atom stereocenters. The van der Waals surface area contributed by atoms with E-state index in [0.29, 0.717) is 23.8 Å². The van der Waals surface area contributed by atoms with E-state index in [0.717, 1.165) is 48.2 Å². The molecule has 2 heterocycles. The lowest BCUT2D eigenvalue weighted by molar-refractivity contribution is -0.127. The van der Waals surface area contributed by atoms with Crippen LogP contribution >= 0.6 is 0 Å². The van der Waals surface area contributed by atoms with Gasteiger partial charge in [0.1, 0.15) is 5.82 Å². The van der Waals surface area contributed by atoms with E-state index in [2.05, 4.69) is 20.8 Å². The zero-order valence-electron chi connectivity index (χ0n) is 22.7. The Hall–Kier alpha value is -5.13. The summed E-state index contributed by atoms with van der Waals surface area (Å²) in [5, 5.41) is 11.1. The lowest BCUT2D eigenvalue weighted by Crippen LogP contribution is -2.59. The number of carbonyl (C=O) groups excluding carboxylic acids is 3. The minimum atomic E-state index is -1.69. The molecule has 4 amide bonds. The Morgan fingerprint density at radius 2 is 1.55 bits per heavy atom. The average molecular weight is 569 g/mol. The molecule has 1 N–H and O–H groups in total. The highest BCUT2D eigenvalue weighted by Crippen LogP contribution is 2.41. The Bertz CT molecular complexity index is 1580. The average Bonchev–Trinajstić information content (AvgIpc) is 3.71. The molecule has 1 saturated carbocycles. The van der Waals surface area contributed by atoms with Crippen molar-refractivity contribution in [1.82, 2.24) is 20.3 Å². The zero-order chi connectivity index (χ0) is 29.1. The molecule has 0 spiro atoms. The van der Waals surface area contributed by atoms with Crippen molar-refractivity contribution in [2.45, 2.75) is 38.1 Å². The van der Waals surface area contributed by atoms with E-state index in [1.54, 1.807) is 65.6 Å². The molecule has 12 heteroatoms. The van der Waals surface area contributed by atoms with Crippen LogP contribution in [0.2, 0.25) is 0 Å². The van der Waals surface area contributed by atoms with Gasteiger partial charge < -0.3 is 4.90 Å². The van der Waals surface area contributed by atoms with E-state index in [-0.39, 0.29) is 11.4 Å². The predicted octanol–water partition coefficient (Wildman–Crippen LogP) is 4.64. The molecule has 11 nitrogen and oxygen atoms in total. The van der Waals surface area contributed by atoms with Gasteiger partial charge in [-0.15, -0.1) is 10.2 Å². The third-order valence-corrected chi connectivity index (χ3v) is 7.75. The molecule has 6 rings (SSSR count). The van der Waals surface area contributed by atoms with Crippen molar-refractivity contribution < 1.29 is 18.8 Å². The number of hydrogen-bond donors (Lipinski definition) is 1. The first-order valence-electron chi connectivity index (χ1n) is 13.9. The second-order valence-corrected chi connectivity index (χ2v) is 10.3. The van der Waals surface area contributed by atoms with Gasteiger partial charge in [-0.3, -0.25) is 19.4 Å². The van der Waals surface area contributed by atoms with E-state index in [1.807, 2.05) is 0 Å². The lowest BCUT2D eigenvalue weighted by Gasteiger charge is -2.33. The summed E-state index contributed by atoms with van der Waals surface area (Å²) in [6, 6.07) is 18.6. The summed E-state index contributed by atoms with van der Waals surface area (Å²) in [5.74, 6) is -1.58. The predicted molar refractivity (Wildman–Crippen MR) is 154 cm³/mol. The highest BCUT2D eigenvalue weighted by atomic mass is 19.1. The fourth-order valence-corrected chi connectivity index (χ4v) is 5.77. The van der Waals surface area contributed by atoms with Crippen LogP contribution in [-0.2, 0) is 9.59 Å². The summed E-state index contributed by atoms with van der Waals surface area (Å²) in [6.45, 7) is 0.338. The van der Waals surface area contributed by atoms with Gasteiger partial charge in [0.25, 0.3) is 11.8 Å². The van der Waals surface area contributed by atoms with Gasteiger partial charge in [-0.2, -0.15) is 0 Å². The molecule has 42 heavy (non-hydrogen) atoms. The maximum absolute atomic E-state index is 15.4. The summed E-state index contributed by atoms with van der Waals surface area (Å²) in [4.78, 5) is 47.8. The van der Waals surface area contributed by atoms with Gasteiger partial charge in [0.2, 0.25) is 0 Å². The quantitative estimate of drug-likeness (QED) is 0.325. The van der Waals surface area contributed by atoms with Crippen LogP contribution in [0, 0.1) is 11.7 Å². The molecule has 1 fully saturated rings. The number of nitrogens with one attached hydrogen (secondary N) is 1. The summed E-state index contributed by atoms with van der Waals surface area (Å²) < 4.78 is 15.4. The van der Waals surface area contributed by atoms with Crippen molar-refractivity contribution in [2.75, 3.05) is 26.7 Å². The maximum Gasteiger partial charge on any atom is 0.344 e. The number of halogens is 1. The van der Waals surface area contributed by atoms with Gasteiger partial charge in [-0.05, 0) is 54.0 Å². The number of carbonyl (C=O) groups is 3. The molecule has 1 atom stereocenters. The first kappa shape index (κ1) is 27.1. The Kier molecular flexibility index (Phi) is 7.58. The number of anilines is 4. The molecule has 1 aliphatic carbocycles. The molecule has 1 aromatic heterocycles. The maximum atomic E-state index is 15.4. The van der Waals surface area contributed by atoms with Gasteiger partial charge in [0, 0.05) is 12.2 Å². The number of benzene rings is 3. The number of urea groups is 1. The number of aromatic nitrogens is 4. The zero-order valence-corrected chi connectivity index (χ0v) is 22.7. The standard InChI is InChI=1S/C30H29FN8O3/c31-23-14-6-7-15-24(23)38-26-17-9-8-16-25(26)36(19-18-21-10-4-5-11-21)28(40)27(29(38)41)37(22-12-2-1-3-13-22)30(42)34-39-33-20-32-35-39/h1-3,6-9,12-17,20-21,27H,4-5,10-11,18-19H2,(H,34,42). The van der Waals surface area contributed by atoms with Crippen LogP contribution in [-0.4, -0.2) is 50.7 Å². The van der Waals surface area contributed by atoms with Gasteiger partial charge in [-0.25, -0.2) is 14.6 Å². The van der Waals surface area contributed by atoms with E-state index in [4.69, 9.17) is 0 Å². The number of amides is 4. The smallest absolute Gasteiger partial charge is 0.308 e. The molecule has 214 valence electrons. The molecule has 0 saturated heterocycles. The highest BCUT2D eigenvalue weighted by molar-refractivity contribution is 6.27. The SMILES string of the molecule is O=C1C(N(C(=O)Nn2ncnn2)c2ccccc2)C(=O)N(c2ccccc2F)c2ccccc2N1CCC1CCCC1. The van der Waals surface area contributed by atoms with Crippen LogP contribution in [0.5, 0.6) is 0 Å². The third kappa shape index (κ3) is 5.18. The number of rotatable bonds is 7. The Morgan fingerprint density at radius 1 is 0.881 bits per heavy atom. The monoisotopic (exact) mass is 568 g/mol. The van der Waals surface area contributed by atoms with Crippen molar-refractivity contribution in [3.05, 3.63) is 91.0 Å². The van der Waals surface area contributed by atoms with Gasteiger partial charge >= 0.3 is 6.03 Å². The first-order valence-corrected chi connectivity index (χ1v) is 13.9. The number of tetrazole rings is 1. The Labute approximate surface area is 241 Å². The van der Waals surface area contributed by atoms with Crippen LogP contribution in [0.15, 0.2) is 85.2 Å². The van der Waals surface area contributed by atoms with Crippen LogP contribution < -0.4 is 20.1 Å². The summed E-state index contributed by atoms with van der Waals surface area (Å²) in [5.41, 5.74) is 3.52. The van der Waals surface area contributed by atoms with Crippen LogP contribution in [0.25, 0.3) is 0 Å². The molecule has 0 bridgehead atoms. The fraction of sp³-hybridized carbons (Fsp3) is 0.267. The molecular weight excluding hydrogens is 539 g/mol. The minimum absolute atomic E-state index is 0.0308. The second kappa shape index (κ2) is 11.8. The number of nitrogens with zero attached hydrogens (tertiary/aromatic N) is 7. The molecule has 3 aromatic carbocycles. The molecule has 4 aromatic rings. The summed E-state index contributed by atoms with van der Waals surface area (Å²) in [6.07, 6.45) is 6.33. The van der Waals surface area contributed by atoms with Crippen LogP contribution in [0.3, 0.4) is 0 Å². The van der Waals surface area contributed by atoms with E-state index >= 15 is 4.39 Å². The molecule has 2 aliphatic rings. The van der Waals surface area contributed by atoms with Gasteiger partial charge in [-0.1, -0.05) is 73.1 Å². The van der Waals surface area contributed by atoms with Crippen LogP contribution in [0.1, 0.15) is 32.1 Å². The Morgan fingerprint density at radius 3 is 2.24 bits per heavy atom. The minimum Gasteiger partial charge on any atom is -0.308 e. The number of para-hydroxylation sites is 4. The fourth-order valence-electron chi connectivity index (χ4n) is 5.77. The first-order chi connectivity index (χ1) is 20.5. The molecule has 0 radical (unpaired) electrons. The molecule has 1 aliphatic heterocycles. The van der Waals surface area contributed by atoms with E-state index in [9.17, 15) is 14.4 Å². The van der Waals surface area contributed by atoms with E-state index in [1.165, 1.54) is 23.1 Å². The number of fused-ring (bicyclic) bond motifs is 1. The Balaban J connectivity index is 1.51. The summed E-state index contributed by atoms with van der Waals surface area (Å²) >= 11 is 0. The van der Waals surface area contributed by atoms with Gasteiger partial charge in [0.05, 0.1) is 17.1 Å². The lowest BCUT2D eigenvalue weighted by atomic mass is 10.0. The van der Waals surface area contributed by atoms with E-state index < -0.39 is 29.7 Å². The van der Waals surface area contributed by atoms with Crippen molar-refractivity contribution in [3.63, 3.8) is 0 Å². The van der Waals surface area contributed by atoms with Crippen molar-refractivity contribution >= 4 is 40.6 Å². The topological polar surface area (TPSA) is 117 Å². The summed E-state index contributed by atoms with van der Waals surface area (Å²) in [7, 11) is 0. The molecular formula is C30H29FN8O3. The van der Waals surface area contributed by atoms with Crippen molar-refractivity contribution in [2.24, 2.45) is 5.92 Å². The normalized spacial score (nSPS) is 17.2.